The molecule has 0 amide bonds. The fourth-order valence-electron chi connectivity index (χ4n) is 1.12. The van der Waals surface area contributed by atoms with Crippen LogP contribution in [0.4, 0.5) is 0 Å². The zero-order chi connectivity index (χ0) is 10.2. The topological polar surface area (TPSA) is 12.5 Å². The summed E-state index contributed by atoms with van der Waals surface area (Å²) >= 11 is 7.29. The van der Waals surface area contributed by atoms with Crippen molar-refractivity contribution in [3.05, 3.63) is 22.4 Å². The van der Waals surface area contributed by atoms with E-state index in [0.717, 1.165) is 19.7 Å². The summed E-state index contributed by atoms with van der Waals surface area (Å²) in [5.74, 6) is 0.578. The van der Waals surface area contributed by atoms with Gasteiger partial charge in [-0.15, -0.1) is 22.9 Å². The zero-order valence-electron chi connectivity index (χ0n) is 8.41. The van der Waals surface area contributed by atoms with E-state index in [9.17, 15) is 0 Å². The Bertz CT molecular complexity index is 228. The van der Waals surface area contributed by atoms with Gasteiger partial charge in [0.1, 0.15) is 0 Å². The number of thiophene rings is 1. The first kappa shape index (κ1) is 12.0. The summed E-state index contributed by atoms with van der Waals surface area (Å²) in [4.78, 5) is 3.64. The van der Waals surface area contributed by atoms with Crippen LogP contribution in [-0.2, 0) is 11.3 Å². The molecule has 0 aliphatic heterocycles. The lowest BCUT2D eigenvalue weighted by atomic mass is 10.4. The van der Waals surface area contributed by atoms with Crippen molar-refractivity contribution in [3.8, 4) is 0 Å². The van der Waals surface area contributed by atoms with Crippen molar-refractivity contribution in [2.45, 2.75) is 6.54 Å². The molecule has 80 valence electrons. The maximum atomic E-state index is 5.50. The Morgan fingerprint density at radius 2 is 2.36 bits per heavy atom. The molecule has 0 aliphatic rings. The summed E-state index contributed by atoms with van der Waals surface area (Å²) < 4.78 is 5.30. The van der Waals surface area contributed by atoms with Crippen LogP contribution in [0.15, 0.2) is 17.5 Å². The Morgan fingerprint density at radius 3 is 3.00 bits per heavy atom. The Kier molecular flexibility index (Phi) is 6.19. The fourth-order valence-corrected chi connectivity index (χ4v) is 2.02. The van der Waals surface area contributed by atoms with Gasteiger partial charge in [0.25, 0.3) is 0 Å². The van der Waals surface area contributed by atoms with Crippen LogP contribution in [-0.4, -0.2) is 37.6 Å². The second-order valence-electron chi connectivity index (χ2n) is 3.12. The molecule has 0 spiro atoms. The number of nitrogens with zero attached hydrogens (tertiary/aromatic N) is 1. The molecule has 0 saturated carbocycles. The molecule has 1 heterocycles. The summed E-state index contributed by atoms with van der Waals surface area (Å²) in [6, 6.07) is 4.23. The summed E-state index contributed by atoms with van der Waals surface area (Å²) in [5, 5.41) is 2.10. The minimum absolute atomic E-state index is 0.578. The molecular weight excluding hydrogens is 218 g/mol. The number of hydrogen-bond donors (Lipinski definition) is 0. The number of rotatable bonds is 7. The standard InChI is InChI=1S/C10H16ClNOS/c1-12(5-7-13-6-4-11)9-10-3-2-8-14-10/h2-3,8H,4-7,9H2,1H3. The number of likely N-dealkylation sites (N-methyl/N-ethyl adjacent to an activating group) is 1. The zero-order valence-corrected chi connectivity index (χ0v) is 9.98. The highest BCUT2D eigenvalue weighted by atomic mass is 35.5. The third-order valence-electron chi connectivity index (χ3n) is 1.84. The van der Waals surface area contributed by atoms with Gasteiger partial charge in [0.15, 0.2) is 0 Å². The lowest BCUT2D eigenvalue weighted by molar-refractivity contribution is 0.122. The van der Waals surface area contributed by atoms with Crippen molar-refractivity contribution in [1.29, 1.82) is 0 Å². The van der Waals surface area contributed by atoms with E-state index in [0.29, 0.717) is 12.5 Å². The second-order valence-corrected chi connectivity index (χ2v) is 4.53. The minimum Gasteiger partial charge on any atom is -0.379 e. The average molecular weight is 234 g/mol. The first-order valence-electron chi connectivity index (χ1n) is 4.67. The largest absolute Gasteiger partial charge is 0.379 e. The lowest BCUT2D eigenvalue weighted by Crippen LogP contribution is -2.22. The molecule has 0 bridgehead atoms. The van der Waals surface area contributed by atoms with E-state index >= 15 is 0 Å². The van der Waals surface area contributed by atoms with Gasteiger partial charge in [-0.05, 0) is 18.5 Å². The van der Waals surface area contributed by atoms with E-state index in [1.54, 1.807) is 11.3 Å². The van der Waals surface area contributed by atoms with Crippen LogP contribution in [0, 0.1) is 0 Å². The minimum atomic E-state index is 0.578. The van der Waals surface area contributed by atoms with Crippen molar-refractivity contribution < 1.29 is 4.74 Å². The Labute approximate surface area is 94.4 Å². The molecule has 0 radical (unpaired) electrons. The summed E-state index contributed by atoms with van der Waals surface area (Å²) in [6.45, 7) is 3.36. The highest BCUT2D eigenvalue weighted by Gasteiger charge is 2.00. The second kappa shape index (κ2) is 7.23. The number of alkyl halides is 1. The maximum absolute atomic E-state index is 5.50. The number of halogens is 1. The van der Waals surface area contributed by atoms with E-state index in [1.807, 2.05) is 0 Å². The van der Waals surface area contributed by atoms with Crippen molar-refractivity contribution in [3.63, 3.8) is 0 Å². The molecular formula is C10H16ClNOS. The molecule has 1 aromatic heterocycles. The first-order valence-corrected chi connectivity index (χ1v) is 6.09. The van der Waals surface area contributed by atoms with Gasteiger partial charge >= 0.3 is 0 Å². The normalized spacial score (nSPS) is 11.1. The predicted molar refractivity (Wildman–Crippen MR) is 62.2 cm³/mol. The van der Waals surface area contributed by atoms with Crippen LogP contribution < -0.4 is 0 Å². The predicted octanol–water partition coefficient (Wildman–Crippen LogP) is 2.44. The van der Waals surface area contributed by atoms with Crippen LogP contribution >= 0.6 is 22.9 Å². The van der Waals surface area contributed by atoms with Gasteiger partial charge in [0.2, 0.25) is 0 Å². The third kappa shape index (κ3) is 4.96. The molecule has 0 atom stereocenters. The quantitative estimate of drug-likeness (QED) is 0.530. The van der Waals surface area contributed by atoms with Gasteiger partial charge in [-0.1, -0.05) is 6.07 Å². The molecule has 0 unspecified atom stereocenters. The summed E-state index contributed by atoms with van der Waals surface area (Å²) in [7, 11) is 2.10. The van der Waals surface area contributed by atoms with E-state index in [4.69, 9.17) is 16.3 Å². The van der Waals surface area contributed by atoms with Crippen LogP contribution in [0.1, 0.15) is 4.88 Å². The molecule has 0 aromatic carbocycles. The summed E-state index contributed by atoms with van der Waals surface area (Å²) in [5.41, 5.74) is 0. The number of hydrogen-bond acceptors (Lipinski definition) is 3. The maximum Gasteiger partial charge on any atom is 0.0602 e. The van der Waals surface area contributed by atoms with Gasteiger partial charge < -0.3 is 4.74 Å². The van der Waals surface area contributed by atoms with Crippen LogP contribution in [0.3, 0.4) is 0 Å². The molecule has 14 heavy (non-hydrogen) atoms. The van der Waals surface area contributed by atoms with Crippen LogP contribution in [0.2, 0.25) is 0 Å². The van der Waals surface area contributed by atoms with Gasteiger partial charge in [-0.3, -0.25) is 4.90 Å². The molecule has 0 saturated heterocycles. The fraction of sp³-hybridized carbons (Fsp3) is 0.600. The Morgan fingerprint density at radius 1 is 1.50 bits per heavy atom. The van der Waals surface area contributed by atoms with E-state index in [1.165, 1.54) is 4.88 Å². The van der Waals surface area contributed by atoms with Gasteiger partial charge in [0.05, 0.1) is 13.2 Å². The molecule has 1 rings (SSSR count). The van der Waals surface area contributed by atoms with E-state index in [-0.39, 0.29) is 0 Å². The van der Waals surface area contributed by atoms with Crippen molar-refractivity contribution in [2.75, 3.05) is 32.7 Å². The smallest absolute Gasteiger partial charge is 0.0602 e. The third-order valence-corrected chi connectivity index (χ3v) is 2.86. The first-order chi connectivity index (χ1) is 6.83. The summed E-state index contributed by atoms with van der Waals surface area (Å²) in [6.07, 6.45) is 0. The molecule has 1 aromatic rings. The van der Waals surface area contributed by atoms with Crippen LogP contribution in [0.25, 0.3) is 0 Å². The van der Waals surface area contributed by atoms with E-state index < -0.39 is 0 Å². The average Bonchev–Trinajstić information content (AvgIpc) is 2.65. The Hall–Kier alpha value is -0.0900. The van der Waals surface area contributed by atoms with Gasteiger partial charge in [0, 0.05) is 23.8 Å². The van der Waals surface area contributed by atoms with E-state index in [2.05, 4.69) is 29.5 Å². The molecule has 0 fully saturated rings. The SMILES string of the molecule is CN(CCOCCCl)Cc1cccs1. The van der Waals surface area contributed by atoms with Gasteiger partial charge in [-0.25, -0.2) is 0 Å². The van der Waals surface area contributed by atoms with Crippen molar-refractivity contribution in [1.82, 2.24) is 4.90 Å². The van der Waals surface area contributed by atoms with Gasteiger partial charge in [-0.2, -0.15) is 0 Å². The molecule has 0 N–H and O–H groups in total. The molecule has 4 heteroatoms. The Balaban J connectivity index is 2.07. The monoisotopic (exact) mass is 233 g/mol. The molecule has 2 nitrogen and oxygen atoms in total. The molecule has 0 aliphatic carbocycles. The number of ether oxygens (including phenoxy) is 1. The van der Waals surface area contributed by atoms with Crippen LogP contribution in [0.5, 0.6) is 0 Å². The highest BCUT2D eigenvalue weighted by molar-refractivity contribution is 7.09. The van der Waals surface area contributed by atoms with Crippen molar-refractivity contribution in [2.24, 2.45) is 0 Å². The van der Waals surface area contributed by atoms with Crippen molar-refractivity contribution >= 4 is 22.9 Å². The highest BCUT2D eigenvalue weighted by Crippen LogP contribution is 2.10. The lowest BCUT2D eigenvalue weighted by Gasteiger charge is -2.15.